The van der Waals surface area contributed by atoms with Gasteiger partial charge in [-0.3, -0.25) is 0 Å². The molecule has 0 spiro atoms. The van der Waals surface area contributed by atoms with Crippen LogP contribution in [0.25, 0.3) is 11.0 Å². The minimum Gasteiger partial charge on any atom is -0.367 e. The largest absolute Gasteiger partial charge is 0.367 e. The SMILES string of the molecule is CC1CCC(c2nc3c(F)cccc3[nH]2)O1. The quantitative estimate of drug-likeness (QED) is 0.802. The Balaban J connectivity index is 2.02. The lowest BCUT2D eigenvalue weighted by molar-refractivity contribution is 0.0510. The van der Waals surface area contributed by atoms with Crippen LogP contribution in [-0.2, 0) is 4.74 Å². The van der Waals surface area contributed by atoms with E-state index in [-0.39, 0.29) is 18.0 Å². The second-order valence-corrected chi connectivity index (χ2v) is 4.27. The summed E-state index contributed by atoms with van der Waals surface area (Å²) in [4.78, 5) is 7.40. The van der Waals surface area contributed by atoms with Crippen LogP contribution in [0.15, 0.2) is 18.2 Å². The van der Waals surface area contributed by atoms with Gasteiger partial charge in [-0.05, 0) is 31.9 Å². The van der Waals surface area contributed by atoms with Crippen LogP contribution in [0.5, 0.6) is 0 Å². The van der Waals surface area contributed by atoms with E-state index in [0.29, 0.717) is 5.52 Å². The summed E-state index contributed by atoms with van der Waals surface area (Å²) < 4.78 is 19.1. The molecule has 2 unspecified atom stereocenters. The molecule has 0 radical (unpaired) electrons. The Morgan fingerprint density at radius 1 is 1.44 bits per heavy atom. The minimum absolute atomic E-state index is 0.0122. The number of imidazole rings is 1. The van der Waals surface area contributed by atoms with Gasteiger partial charge >= 0.3 is 0 Å². The zero-order chi connectivity index (χ0) is 11.1. The molecule has 0 bridgehead atoms. The molecule has 2 aromatic rings. The van der Waals surface area contributed by atoms with E-state index in [1.165, 1.54) is 6.07 Å². The third-order valence-corrected chi connectivity index (χ3v) is 3.02. The number of fused-ring (bicyclic) bond motifs is 1. The molecule has 1 aliphatic rings. The standard InChI is InChI=1S/C12H13FN2O/c1-7-5-6-10(16-7)12-14-9-4-2-3-8(13)11(9)15-12/h2-4,7,10H,5-6H2,1H3,(H,14,15). The van der Waals surface area contributed by atoms with E-state index in [0.717, 1.165) is 24.2 Å². The lowest BCUT2D eigenvalue weighted by Gasteiger charge is -2.06. The molecular formula is C12H13FN2O. The highest BCUT2D eigenvalue weighted by Gasteiger charge is 2.26. The molecule has 1 aliphatic heterocycles. The normalized spacial score (nSPS) is 25.4. The van der Waals surface area contributed by atoms with E-state index in [1.807, 2.05) is 13.0 Å². The molecule has 1 saturated heterocycles. The average molecular weight is 220 g/mol. The first kappa shape index (κ1) is 9.78. The molecule has 4 heteroatoms. The van der Waals surface area contributed by atoms with Gasteiger partial charge in [-0.1, -0.05) is 6.07 Å². The molecule has 0 amide bonds. The highest BCUT2D eigenvalue weighted by atomic mass is 19.1. The number of ether oxygens (including phenoxy) is 1. The van der Waals surface area contributed by atoms with Crippen molar-refractivity contribution in [3.63, 3.8) is 0 Å². The summed E-state index contributed by atoms with van der Waals surface area (Å²) in [6, 6.07) is 4.93. The van der Waals surface area contributed by atoms with Gasteiger partial charge in [0.2, 0.25) is 0 Å². The third kappa shape index (κ3) is 1.50. The monoisotopic (exact) mass is 220 g/mol. The van der Waals surface area contributed by atoms with Gasteiger partial charge < -0.3 is 9.72 Å². The van der Waals surface area contributed by atoms with Crippen LogP contribution in [0, 0.1) is 5.82 Å². The summed E-state index contributed by atoms with van der Waals surface area (Å²) >= 11 is 0. The van der Waals surface area contributed by atoms with Gasteiger partial charge in [0.25, 0.3) is 0 Å². The lowest BCUT2D eigenvalue weighted by Crippen LogP contribution is -2.02. The maximum atomic E-state index is 13.4. The molecule has 3 nitrogen and oxygen atoms in total. The Bertz CT molecular complexity index is 523. The highest BCUT2D eigenvalue weighted by molar-refractivity contribution is 5.75. The van der Waals surface area contributed by atoms with Crippen LogP contribution < -0.4 is 0 Å². The number of hydrogen-bond donors (Lipinski definition) is 1. The highest BCUT2D eigenvalue weighted by Crippen LogP contribution is 2.32. The molecule has 1 fully saturated rings. The van der Waals surface area contributed by atoms with Gasteiger partial charge in [-0.15, -0.1) is 0 Å². The van der Waals surface area contributed by atoms with Crippen molar-refractivity contribution in [3.8, 4) is 0 Å². The van der Waals surface area contributed by atoms with E-state index in [1.54, 1.807) is 6.07 Å². The number of aromatic amines is 1. The molecular weight excluding hydrogens is 207 g/mol. The van der Waals surface area contributed by atoms with E-state index >= 15 is 0 Å². The van der Waals surface area contributed by atoms with Crippen LogP contribution in [-0.4, -0.2) is 16.1 Å². The van der Waals surface area contributed by atoms with Gasteiger partial charge in [-0.2, -0.15) is 0 Å². The van der Waals surface area contributed by atoms with E-state index in [2.05, 4.69) is 9.97 Å². The third-order valence-electron chi connectivity index (χ3n) is 3.02. The number of benzene rings is 1. The van der Waals surface area contributed by atoms with Crippen molar-refractivity contribution in [1.29, 1.82) is 0 Å². The smallest absolute Gasteiger partial charge is 0.151 e. The van der Waals surface area contributed by atoms with Gasteiger partial charge in [0.15, 0.2) is 5.82 Å². The number of halogens is 1. The van der Waals surface area contributed by atoms with Gasteiger partial charge in [0.05, 0.1) is 11.6 Å². The average Bonchev–Trinajstić information content (AvgIpc) is 2.84. The second kappa shape index (κ2) is 3.56. The zero-order valence-corrected chi connectivity index (χ0v) is 9.03. The predicted molar refractivity (Wildman–Crippen MR) is 58.6 cm³/mol. The summed E-state index contributed by atoms with van der Waals surface area (Å²) in [5, 5.41) is 0. The Hall–Kier alpha value is -1.42. The van der Waals surface area contributed by atoms with Gasteiger partial charge in [0.1, 0.15) is 17.4 Å². The number of hydrogen-bond acceptors (Lipinski definition) is 2. The van der Waals surface area contributed by atoms with E-state index < -0.39 is 0 Å². The molecule has 2 atom stereocenters. The van der Waals surface area contributed by atoms with E-state index in [9.17, 15) is 4.39 Å². The molecule has 0 aliphatic carbocycles. The fourth-order valence-electron chi connectivity index (χ4n) is 2.17. The Morgan fingerprint density at radius 3 is 3.00 bits per heavy atom. The van der Waals surface area contributed by atoms with Crippen LogP contribution in [0.1, 0.15) is 31.7 Å². The lowest BCUT2D eigenvalue weighted by atomic mass is 10.2. The molecule has 1 N–H and O–H groups in total. The van der Waals surface area contributed by atoms with Crippen molar-refractivity contribution in [3.05, 3.63) is 29.8 Å². The Labute approximate surface area is 92.6 Å². The number of H-pyrrole nitrogens is 1. The van der Waals surface area contributed by atoms with Crippen molar-refractivity contribution in [2.75, 3.05) is 0 Å². The fraction of sp³-hybridized carbons (Fsp3) is 0.417. The molecule has 84 valence electrons. The second-order valence-electron chi connectivity index (χ2n) is 4.27. The number of aromatic nitrogens is 2. The maximum absolute atomic E-state index is 13.4. The van der Waals surface area contributed by atoms with Crippen LogP contribution in [0.4, 0.5) is 4.39 Å². The van der Waals surface area contributed by atoms with Crippen LogP contribution >= 0.6 is 0 Å². The van der Waals surface area contributed by atoms with Gasteiger partial charge in [-0.25, -0.2) is 9.37 Å². The molecule has 0 saturated carbocycles. The molecule has 1 aromatic heterocycles. The Morgan fingerprint density at radius 2 is 2.31 bits per heavy atom. The number of nitrogens with zero attached hydrogens (tertiary/aromatic N) is 1. The van der Waals surface area contributed by atoms with Crippen molar-refractivity contribution >= 4 is 11.0 Å². The fourth-order valence-corrected chi connectivity index (χ4v) is 2.17. The summed E-state index contributed by atoms with van der Waals surface area (Å²) in [5.41, 5.74) is 1.14. The first-order valence-corrected chi connectivity index (χ1v) is 5.53. The first-order valence-electron chi connectivity index (χ1n) is 5.53. The van der Waals surface area contributed by atoms with Crippen molar-refractivity contribution in [2.45, 2.75) is 32.0 Å². The summed E-state index contributed by atoms with van der Waals surface area (Å²) in [5.74, 6) is 0.454. The van der Waals surface area contributed by atoms with Gasteiger partial charge in [0, 0.05) is 0 Å². The van der Waals surface area contributed by atoms with Crippen molar-refractivity contribution < 1.29 is 9.13 Å². The number of rotatable bonds is 1. The van der Waals surface area contributed by atoms with E-state index in [4.69, 9.17) is 4.74 Å². The summed E-state index contributed by atoms with van der Waals surface area (Å²) in [6.07, 6.45) is 2.23. The molecule has 3 rings (SSSR count). The zero-order valence-electron chi connectivity index (χ0n) is 9.03. The molecule has 2 heterocycles. The minimum atomic E-state index is -0.286. The maximum Gasteiger partial charge on any atom is 0.151 e. The number of para-hydroxylation sites is 1. The first-order chi connectivity index (χ1) is 7.74. The summed E-state index contributed by atoms with van der Waals surface area (Å²) in [7, 11) is 0. The van der Waals surface area contributed by atoms with Crippen LogP contribution in [0.2, 0.25) is 0 Å². The predicted octanol–water partition coefficient (Wildman–Crippen LogP) is 2.94. The Kier molecular flexibility index (Phi) is 2.17. The van der Waals surface area contributed by atoms with Crippen molar-refractivity contribution in [1.82, 2.24) is 9.97 Å². The molecule has 16 heavy (non-hydrogen) atoms. The molecule has 1 aromatic carbocycles. The number of nitrogens with one attached hydrogen (secondary N) is 1. The van der Waals surface area contributed by atoms with Crippen molar-refractivity contribution in [2.24, 2.45) is 0 Å². The summed E-state index contributed by atoms with van der Waals surface area (Å²) in [6.45, 7) is 2.04. The topological polar surface area (TPSA) is 37.9 Å². The van der Waals surface area contributed by atoms with Crippen LogP contribution in [0.3, 0.4) is 0 Å².